The number of hydrogen-bond acceptors (Lipinski definition) is 6. The number of anilines is 1. The first kappa shape index (κ1) is 17.4. The van der Waals surface area contributed by atoms with Crippen LogP contribution in [0, 0.1) is 10.1 Å². The molecule has 3 aromatic rings. The maximum absolute atomic E-state index is 12.0. The fraction of sp³-hybridized carbons (Fsp3) is 0.222. The predicted octanol–water partition coefficient (Wildman–Crippen LogP) is 3.35. The van der Waals surface area contributed by atoms with Gasteiger partial charge in [-0.3, -0.25) is 4.79 Å². The van der Waals surface area contributed by atoms with Crippen LogP contribution in [0.4, 0.5) is 11.6 Å². The molecule has 8 nitrogen and oxygen atoms in total. The lowest BCUT2D eigenvalue weighted by Crippen LogP contribution is -2.18. The van der Waals surface area contributed by atoms with E-state index in [1.807, 2.05) is 30.3 Å². The first-order valence-corrected chi connectivity index (χ1v) is 8.18. The smallest absolute Gasteiger partial charge is 0.372 e. The molecule has 2 aromatic heterocycles. The fourth-order valence-electron chi connectivity index (χ4n) is 2.74. The standard InChI is InChI=1S/C18H18N4O4/c1-2-26-16(23)12-14(13-8-4-3-5-9-13)19-17-18(22(24)25)21-11-7-6-10-15(21)20-17/h3-11,14,19H,2,12H2,1H3. The molecule has 1 unspecified atom stereocenters. The molecule has 1 atom stereocenters. The number of carbonyl (C=O) groups excluding carboxylic acids is 1. The molecule has 0 aliphatic rings. The number of nitrogens with zero attached hydrogens (tertiary/aromatic N) is 3. The van der Waals surface area contributed by atoms with E-state index in [2.05, 4.69) is 10.3 Å². The Balaban J connectivity index is 1.99. The van der Waals surface area contributed by atoms with Gasteiger partial charge in [-0.25, -0.2) is 0 Å². The van der Waals surface area contributed by atoms with Crippen molar-refractivity contribution < 1.29 is 14.5 Å². The van der Waals surface area contributed by atoms with Gasteiger partial charge in [-0.05, 0) is 23.5 Å². The highest BCUT2D eigenvalue weighted by Crippen LogP contribution is 2.30. The quantitative estimate of drug-likeness (QED) is 0.397. The summed E-state index contributed by atoms with van der Waals surface area (Å²) in [5.74, 6) is -0.454. The second-order valence-corrected chi connectivity index (χ2v) is 5.59. The van der Waals surface area contributed by atoms with E-state index in [1.54, 1.807) is 31.3 Å². The SMILES string of the molecule is CCOC(=O)CC(Nc1nc2ccccn2c1[N+](=O)[O-])c1ccccc1. The Bertz CT molecular complexity index is 923. The number of benzene rings is 1. The highest BCUT2D eigenvalue weighted by Gasteiger charge is 2.26. The number of fused-ring (bicyclic) bond motifs is 1. The normalized spacial score (nSPS) is 11.9. The summed E-state index contributed by atoms with van der Waals surface area (Å²) in [6, 6.07) is 13.9. The van der Waals surface area contributed by atoms with Crippen LogP contribution in [-0.4, -0.2) is 26.9 Å². The van der Waals surface area contributed by atoms with Gasteiger partial charge in [0.25, 0.3) is 0 Å². The molecule has 2 heterocycles. The van der Waals surface area contributed by atoms with Gasteiger partial charge in [0.1, 0.15) is 0 Å². The van der Waals surface area contributed by atoms with Crippen molar-refractivity contribution in [3.63, 3.8) is 0 Å². The molecule has 3 rings (SSSR count). The predicted molar refractivity (Wildman–Crippen MR) is 95.9 cm³/mol. The lowest BCUT2D eigenvalue weighted by molar-refractivity contribution is -0.389. The maximum Gasteiger partial charge on any atom is 0.372 e. The second kappa shape index (κ2) is 7.64. The zero-order chi connectivity index (χ0) is 18.5. The zero-order valence-electron chi connectivity index (χ0n) is 14.2. The number of ether oxygens (including phenoxy) is 1. The van der Waals surface area contributed by atoms with Crippen LogP contribution in [0.5, 0.6) is 0 Å². The molecule has 0 bridgehead atoms. The lowest BCUT2D eigenvalue weighted by atomic mass is 10.0. The zero-order valence-corrected chi connectivity index (χ0v) is 14.2. The van der Waals surface area contributed by atoms with Crippen molar-refractivity contribution in [2.75, 3.05) is 11.9 Å². The van der Waals surface area contributed by atoms with Crippen molar-refractivity contribution in [3.8, 4) is 0 Å². The Labute approximate surface area is 149 Å². The molecule has 0 radical (unpaired) electrons. The Morgan fingerprint density at radius 3 is 2.69 bits per heavy atom. The molecular weight excluding hydrogens is 336 g/mol. The van der Waals surface area contributed by atoms with E-state index in [0.29, 0.717) is 5.65 Å². The van der Waals surface area contributed by atoms with E-state index in [4.69, 9.17) is 4.74 Å². The summed E-state index contributed by atoms with van der Waals surface area (Å²) >= 11 is 0. The Morgan fingerprint density at radius 2 is 2.00 bits per heavy atom. The number of esters is 1. The van der Waals surface area contributed by atoms with Gasteiger partial charge in [-0.15, -0.1) is 0 Å². The third-order valence-electron chi connectivity index (χ3n) is 3.87. The van der Waals surface area contributed by atoms with E-state index in [1.165, 1.54) is 4.40 Å². The summed E-state index contributed by atoms with van der Waals surface area (Å²) in [5, 5.41) is 14.6. The first-order chi connectivity index (χ1) is 12.6. The molecule has 134 valence electrons. The topological polar surface area (TPSA) is 98.8 Å². The summed E-state index contributed by atoms with van der Waals surface area (Å²) in [7, 11) is 0. The third kappa shape index (κ3) is 3.64. The molecule has 0 aliphatic heterocycles. The van der Waals surface area contributed by atoms with Crippen molar-refractivity contribution in [1.29, 1.82) is 0 Å². The number of nitro groups is 1. The summed E-state index contributed by atoms with van der Waals surface area (Å²) < 4.78 is 6.43. The van der Waals surface area contributed by atoms with Crippen LogP contribution in [0.1, 0.15) is 24.9 Å². The number of aromatic nitrogens is 2. The van der Waals surface area contributed by atoms with Gasteiger partial charge in [0, 0.05) is 6.07 Å². The van der Waals surface area contributed by atoms with E-state index in [-0.39, 0.29) is 30.6 Å². The first-order valence-electron chi connectivity index (χ1n) is 8.18. The van der Waals surface area contributed by atoms with E-state index in [0.717, 1.165) is 5.56 Å². The molecule has 0 amide bonds. The Morgan fingerprint density at radius 1 is 1.27 bits per heavy atom. The molecule has 0 saturated carbocycles. The second-order valence-electron chi connectivity index (χ2n) is 5.59. The van der Waals surface area contributed by atoms with Crippen LogP contribution in [0.15, 0.2) is 54.7 Å². The largest absolute Gasteiger partial charge is 0.466 e. The highest BCUT2D eigenvalue weighted by atomic mass is 16.6. The highest BCUT2D eigenvalue weighted by molar-refractivity contribution is 5.72. The van der Waals surface area contributed by atoms with Crippen molar-refractivity contribution in [3.05, 3.63) is 70.4 Å². The number of imidazole rings is 1. The van der Waals surface area contributed by atoms with Crippen molar-refractivity contribution in [1.82, 2.24) is 9.38 Å². The maximum atomic E-state index is 12.0. The minimum atomic E-state index is -0.501. The van der Waals surface area contributed by atoms with Gasteiger partial charge in [-0.1, -0.05) is 36.4 Å². The molecule has 26 heavy (non-hydrogen) atoms. The van der Waals surface area contributed by atoms with Crippen LogP contribution in [0.3, 0.4) is 0 Å². The number of hydrogen-bond donors (Lipinski definition) is 1. The van der Waals surface area contributed by atoms with E-state index in [9.17, 15) is 14.9 Å². The van der Waals surface area contributed by atoms with Gasteiger partial charge >= 0.3 is 11.8 Å². The molecule has 0 spiro atoms. The van der Waals surface area contributed by atoms with Gasteiger partial charge < -0.3 is 20.2 Å². The third-order valence-corrected chi connectivity index (χ3v) is 3.87. The monoisotopic (exact) mass is 354 g/mol. The van der Waals surface area contributed by atoms with Crippen molar-refractivity contribution in [2.45, 2.75) is 19.4 Å². The molecule has 8 heteroatoms. The van der Waals surface area contributed by atoms with Crippen molar-refractivity contribution >= 4 is 23.3 Å². The van der Waals surface area contributed by atoms with Gasteiger partial charge in [0.2, 0.25) is 11.5 Å². The summed E-state index contributed by atoms with van der Waals surface area (Å²) in [6.07, 6.45) is 1.61. The number of nitrogens with one attached hydrogen (secondary N) is 1. The summed E-state index contributed by atoms with van der Waals surface area (Å²) in [6.45, 7) is 2.00. The lowest BCUT2D eigenvalue weighted by Gasteiger charge is -2.18. The van der Waals surface area contributed by atoms with Gasteiger partial charge in [-0.2, -0.15) is 9.38 Å². The average Bonchev–Trinajstić information content (AvgIpc) is 3.00. The average molecular weight is 354 g/mol. The molecule has 0 aliphatic carbocycles. The summed E-state index contributed by atoms with van der Waals surface area (Å²) in [4.78, 5) is 27.4. The Kier molecular flexibility index (Phi) is 5.12. The minimum Gasteiger partial charge on any atom is -0.466 e. The molecule has 0 saturated heterocycles. The van der Waals surface area contributed by atoms with E-state index < -0.39 is 11.0 Å². The van der Waals surface area contributed by atoms with Crippen LogP contribution >= 0.6 is 0 Å². The molecule has 0 fully saturated rings. The molecular formula is C18H18N4O4. The van der Waals surface area contributed by atoms with Crippen LogP contribution < -0.4 is 5.32 Å². The molecule has 1 aromatic carbocycles. The van der Waals surface area contributed by atoms with E-state index >= 15 is 0 Å². The van der Waals surface area contributed by atoms with Crippen molar-refractivity contribution in [2.24, 2.45) is 0 Å². The van der Waals surface area contributed by atoms with Crippen LogP contribution in [0.2, 0.25) is 0 Å². The number of carbonyl (C=O) groups is 1. The van der Waals surface area contributed by atoms with Gasteiger partial charge in [0.15, 0.2) is 0 Å². The van der Waals surface area contributed by atoms with Crippen LogP contribution in [-0.2, 0) is 9.53 Å². The molecule has 1 N–H and O–H groups in total. The van der Waals surface area contributed by atoms with Crippen LogP contribution in [0.25, 0.3) is 5.65 Å². The number of rotatable bonds is 7. The fourth-order valence-corrected chi connectivity index (χ4v) is 2.74. The number of pyridine rings is 1. The minimum absolute atomic E-state index is 0.0306. The summed E-state index contributed by atoms with van der Waals surface area (Å²) in [5.41, 5.74) is 1.26. The van der Waals surface area contributed by atoms with Gasteiger partial charge in [0.05, 0.1) is 25.3 Å². The Hall–Kier alpha value is -3.42.